The van der Waals surface area contributed by atoms with Crippen LogP contribution in [0.2, 0.25) is 0 Å². The van der Waals surface area contributed by atoms with Crippen LogP contribution in [0.15, 0.2) is 64.8 Å². The summed E-state index contributed by atoms with van der Waals surface area (Å²) in [6.45, 7) is 1.98. The third kappa shape index (κ3) is 5.03. The average Bonchev–Trinajstić information content (AvgIpc) is 2.97. The van der Waals surface area contributed by atoms with Gasteiger partial charge in [0.2, 0.25) is 11.8 Å². The molecule has 2 aromatic carbocycles. The van der Waals surface area contributed by atoms with Gasteiger partial charge in [0, 0.05) is 12.1 Å². The van der Waals surface area contributed by atoms with E-state index in [0.717, 1.165) is 11.1 Å². The Hall–Kier alpha value is -2.93. The molecule has 2 amide bonds. The van der Waals surface area contributed by atoms with Gasteiger partial charge in [-0.15, -0.1) is 5.10 Å². The van der Waals surface area contributed by atoms with Crippen molar-refractivity contribution in [2.75, 3.05) is 5.32 Å². The van der Waals surface area contributed by atoms with Crippen molar-refractivity contribution < 1.29 is 9.59 Å². The molecule has 2 N–H and O–H groups in total. The average molecular weight is 366 g/mol. The van der Waals surface area contributed by atoms with Gasteiger partial charge in [0.25, 0.3) is 0 Å². The second-order valence-electron chi connectivity index (χ2n) is 5.77. The lowest BCUT2D eigenvalue weighted by atomic mass is 10.2. The maximum absolute atomic E-state index is 12.1. The number of thioether (sulfide) groups is 1. The summed E-state index contributed by atoms with van der Waals surface area (Å²) in [5.41, 5.74) is 2.75. The zero-order chi connectivity index (χ0) is 18.4. The van der Waals surface area contributed by atoms with Crippen LogP contribution in [0.1, 0.15) is 17.5 Å². The fourth-order valence-electron chi connectivity index (χ4n) is 2.29. The maximum atomic E-state index is 12.1. The third-order valence-corrected chi connectivity index (χ3v) is 4.71. The first-order valence-electron chi connectivity index (χ1n) is 8.10. The summed E-state index contributed by atoms with van der Waals surface area (Å²) in [5.74, 6) is -0.446. The van der Waals surface area contributed by atoms with Crippen molar-refractivity contribution >= 4 is 40.6 Å². The molecule has 6 nitrogen and oxygen atoms in total. The number of hydrogen-bond acceptors (Lipinski definition) is 5. The molecule has 3 rings (SSSR count). The fraction of sp³-hybridized carbons (Fsp3) is 0.158. The van der Waals surface area contributed by atoms with E-state index in [-0.39, 0.29) is 18.2 Å². The maximum Gasteiger partial charge on any atom is 0.240 e. The molecule has 0 spiro atoms. The minimum absolute atomic E-state index is 0.0752. The number of rotatable bonds is 5. The Morgan fingerprint density at radius 1 is 1.19 bits per heavy atom. The first-order chi connectivity index (χ1) is 12.6. The SMILES string of the molecule is Cc1ccc(NC(=O)C[C@H]2S/C(=N\N=C/c3ccccc3)NC2=O)cc1. The van der Waals surface area contributed by atoms with Gasteiger partial charge in [-0.25, -0.2) is 0 Å². The summed E-state index contributed by atoms with van der Waals surface area (Å²) < 4.78 is 0. The highest BCUT2D eigenvalue weighted by Gasteiger charge is 2.32. The first kappa shape index (κ1) is 17.9. The van der Waals surface area contributed by atoms with E-state index in [2.05, 4.69) is 20.8 Å². The molecule has 7 heteroatoms. The summed E-state index contributed by atoms with van der Waals surface area (Å²) in [5, 5.41) is 13.3. The lowest BCUT2D eigenvalue weighted by Gasteiger charge is -2.07. The highest BCUT2D eigenvalue weighted by molar-refractivity contribution is 8.15. The van der Waals surface area contributed by atoms with Crippen LogP contribution in [0.4, 0.5) is 5.69 Å². The summed E-state index contributed by atoms with van der Waals surface area (Å²) in [6, 6.07) is 17.0. The number of benzene rings is 2. The fourth-order valence-corrected chi connectivity index (χ4v) is 3.21. The number of anilines is 1. The minimum Gasteiger partial charge on any atom is -0.326 e. The van der Waals surface area contributed by atoms with Crippen LogP contribution in [-0.2, 0) is 9.59 Å². The molecule has 0 aliphatic carbocycles. The van der Waals surface area contributed by atoms with E-state index >= 15 is 0 Å². The van der Waals surface area contributed by atoms with Gasteiger partial charge < -0.3 is 10.6 Å². The van der Waals surface area contributed by atoms with Crippen molar-refractivity contribution in [3.63, 3.8) is 0 Å². The molecule has 0 bridgehead atoms. The number of aryl methyl sites for hydroxylation is 1. The monoisotopic (exact) mass is 366 g/mol. The van der Waals surface area contributed by atoms with Crippen LogP contribution < -0.4 is 10.6 Å². The molecule has 1 aliphatic rings. The van der Waals surface area contributed by atoms with Gasteiger partial charge in [0.15, 0.2) is 5.17 Å². The molecule has 0 radical (unpaired) electrons. The normalized spacial score (nSPS) is 18.3. The van der Waals surface area contributed by atoms with Crippen LogP contribution in [0, 0.1) is 6.92 Å². The molecule has 0 aromatic heterocycles. The van der Waals surface area contributed by atoms with Crippen LogP contribution in [-0.4, -0.2) is 28.4 Å². The molecule has 1 aliphatic heterocycles. The third-order valence-electron chi connectivity index (χ3n) is 3.64. The number of hydrogen-bond donors (Lipinski definition) is 2. The molecule has 132 valence electrons. The van der Waals surface area contributed by atoms with E-state index < -0.39 is 5.25 Å². The van der Waals surface area contributed by atoms with Gasteiger partial charge in [-0.1, -0.05) is 59.8 Å². The van der Waals surface area contributed by atoms with Crippen molar-refractivity contribution in [1.82, 2.24) is 5.32 Å². The van der Waals surface area contributed by atoms with Crippen LogP contribution >= 0.6 is 11.8 Å². The molecule has 1 atom stereocenters. The first-order valence-corrected chi connectivity index (χ1v) is 8.98. The van der Waals surface area contributed by atoms with Gasteiger partial charge in [-0.05, 0) is 24.6 Å². The Morgan fingerprint density at radius 2 is 1.92 bits per heavy atom. The Labute approximate surface area is 155 Å². The van der Waals surface area contributed by atoms with Gasteiger partial charge in [-0.3, -0.25) is 9.59 Å². The predicted molar refractivity (Wildman–Crippen MR) is 105 cm³/mol. The smallest absolute Gasteiger partial charge is 0.240 e. The Bertz CT molecular complexity index is 848. The highest BCUT2D eigenvalue weighted by atomic mass is 32.2. The summed E-state index contributed by atoms with van der Waals surface area (Å²) in [4.78, 5) is 24.1. The van der Waals surface area contributed by atoms with Crippen molar-refractivity contribution in [2.24, 2.45) is 10.2 Å². The van der Waals surface area contributed by atoms with E-state index in [1.807, 2.05) is 61.5 Å². The summed E-state index contributed by atoms with van der Waals surface area (Å²) in [6.07, 6.45) is 1.68. The van der Waals surface area contributed by atoms with E-state index in [1.165, 1.54) is 11.8 Å². The number of amidine groups is 1. The lowest BCUT2D eigenvalue weighted by molar-refractivity contribution is -0.122. The lowest BCUT2D eigenvalue weighted by Crippen LogP contribution is -2.28. The molecule has 2 aromatic rings. The molecule has 1 saturated heterocycles. The Kier molecular flexibility index (Phi) is 5.80. The van der Waals surface area contributed by atoms with Crippen molar-refractivity contribution in [3.8, 4) is 0 Å². The van der Waals surface area contributed by atoms with Crippen molar-refractivity contribution in [3.05, 3.63) is 65.7 Å². The quantitative estimate of drug-likeness (QED) is 0.630. The molecular formula is C19H18N4O2S. The zero-order valence-electron chi connectivity index (χ0n) is 14.2. The van der Waals surface area contributed by atoms with Crippen LogP contribution in [0.5, 0.6) is 0 Å². The molecule has 0 saturated carbocycles. The number of amides is 2. The second kappa shape index (κ2) is 8.44. The number of nitrogens with one attached hydrogen (secondary N) is 2. The summed E-state index contributed by atoms with van der Waals surface area (Å²) >= 11 is 1.21. The second-order valence-corrected chi connectivity index (χ2v) is 6.97. The molecule has 1 heterocycles. The van der Waals surface area contributed by atoms with Gasteiger partial charge in [-0.2, -0.15) is 5.10 Å². The standard InChI is InChI=1S/C19H18N4O2S/c1-13-7-9-15(10-8-13)21-17(24)11-16-18(25)22-19(26-16)23-20-12-14-5-3-2-4-6-14/h2-10,12,16H,11H2,1H3,(H,21,24)(H,22,23,25)/b20-12-/t16-/m1/s1. The molecule has 0 unspecified atom stereocenters. The zero-order valence-corrected chi connectivity index (χ0v) is 15.0. The van der Waals surface area contributed by atoms with Gasteiger partial charge in [0.05, 0.1) is 6.21 Å². The largest absolute Gasteiger partial charge is 0.326 e. The van der Waals surface area contributed by atoms with E-state index in [9.17, 15) is 9.59 Å². The molecule has 1 fully saturated rings. The minimum atomic E-state index is -0.508. The Balaban J connectivity index is 1.54. The van der Waals surface area contributed by atoms with Crippen LogP contribution in [0.3, 0.4) is 0 Å². The van der Waals surface area contributed by atoms with Crippen LogP contribution in [0.25, 0.3) is 0 Å². The van der Waals surface area contributed by atoms with E-state index in [0.29, 0.717) is 10.9 Å². The van der Waals surface area contributed by atoms with E-state index in [1.54, 1.807) is 6.21 Å². The van der Waals surface area contributed by atoms with Crippen molar-refractivity contribution in [1.29, 1.82) is 0 Å². The van der Waals surface area contributed by atoms with Gasteiger partial charge >= 0.3 is 0 Å². The Morgan fingerprint density at radius 3 is 2.65 bits per heavy atom. The summed E-state index contributed by atoms with van der Waals surface area (Å²) in [7, 11) is 0. The van der Waals surface area contributed by atoms with Crippen molar-refractivity contribution in [2.45, 2.75) is 18.6 Å². The predicted octanol–water partition coefficient (Wildman–Crippen LogP) is 2.95. The highest BCUT2D eigenvalue weighted by Crippen LogP contribution is 2.23. The molecular weight excluding hydrogens is 348 g/mol. The topological polar surface area (TPSA) is 82.9 Å². The number of nitrogens with zero attached hydrogens (tertiary/aromatic N) is 2. The number of carbonyl (C=O) groups is 2. The van der Waals surface area contributed by atoms with E-state index in [4.69, 9.17) is 0 Å². The number of carbonyl (C=O) groups excluding carboxylic acids is 2. The van der Waals surface area contributed by atoms with Gasteiger partial charge in [0.1, 0.15) is 5.25 Å². The molecule has 26 heavy (non-hydrogen) atoms.